The number of sulfonamides is 1. The molecule has 0 spiro atoms. The van der Waals surface area contributed by atoms with Crippen LogP contribution >= 0.6 is 27.5 Å². The second-order valence-electron chi connectivity index (χ2n) is 6.72. The standard InChI is InChI=1S/C19H20BrClN2O3S/c1-22(2)27(25,26)16-8-9-18(21)17(11-16)19(24)23(15-6-7-15)12-13-4-3-5-14(20)10-13/h3-5,8-11,15H,6-7,12H2,1-2H3. The van der Waals surface area contributed by atoms with Gasteiger partial charge in [0.15, 0.2) is 0 Å². The molecule has 2 aromatic rings. The third-order valence-electron chi connectivity index (χ3n) is 4.44. The van der Waals surface area contributed by atoms with Crippen LogP contribution in [0.15, 0.2) is 51.8 Å². The zero-order valence-electron chi connectivity index (χ0n) is 15.0. The number of carbonyl (C=O) groups excluding carboxylic acids is 1. The Kier molecular flexibility index (Phi) is 5.96. The van der Waals surface area contributed by atoms with Crippen molar-refractivity contribution in [3.63, 3.8) is 0 Å². The normalized spacial score (nSPS) is 14.4. The van der Waals surface area contributed by atoms with E-state index in [9.17, 15) is 13.2 Å². The third kappa shape index (κ3) is 4.54. The molecule has 27 heavy (non-hydrogen) atoms. The predicted octanol–water partition coefficient (Wildman–Crippen LogP) is 4.16. The number of hydrogen-bond donors (Lipinski definition) is 0. The van der Waals surface area contributed by atoms with Crippen LogP contribution in [-0.4, -0.2) is 43.7 Å². The molecule has 1 amide bonds. The number of halogens is 2. The van der Waals surface area contributed by atoms with Crippen molar-refractivity contribution in [3.8, 4) is 0 Å². The fraction of sp³-hybridized carbons (Fsp3) is 0.316. The minimum absolute atomic E-state index is 0.0541. The molecule has 3 rings (SSSR count). The largest absolute Gasteiger partial charge is 0.331 e. The molecule has 8 heteroatoms. The van der Waals surface area contributed by atoms with Gasteiger partial charge in [-0.1, -0.05) is 39.7 Å². The summed E-state index contributed by atoms with van der Waals surface area (Å²) in [6, 6.07) is 12.2. The van der Waals surface area contributed by atoms with E-state index in [1.54, 1.807) is 4.90 Å². The summed E-state index contributed by atoms with van der Waals surface area (Å²) >= 11 is 9.70. The Morgan fingerprint density at radius 2 is 1.89 bits per heavy atom. The van der Waals surface area contributed by atoms with Gasteiger partial charge in [0.2, 0.25) is 10.0 Å². The summed E-state index contributed by atoms with van der Waals surface area (Å²) in [5.74, 6) is -0.252. The minimum atomic E-state index is -3.65. The first-order chi connectivity index (χ1) is 12.7. The molecule has 0 radical (unpaired) electrons. The quantitative estimate of drug-likeness (QED) is 0.636. The molecule has 1 aliphatic carbocycles. The molecule has 2 aromatic carbocycles. The molecule has 0 aliphatic heterocycles. The summed E-state index contributed by atoms with van der Waals surface area (Å²) in [5.41, 5.74) is 1.21. The monoisotopic (exact) mass is 470 g/mol. The van der Waals surface area contributed by atoms with E-state index in [2.05, 4.69) is 15.9 Å². The van der Waals surface area contributed by atoms with Crippen LogP contribution in [0.2, 0.25) is 5.02 Å². The van der Waals surface area contributed by atoms with Crippen LogP contribution in [0.3, 0.4) is 0 Å². The minimum Gasteiger partial charge on any atom is -0.331 e. The van der Waals surface area contributed by atoms with Gasteiger partial charge in [-0.15, -0.1) is 0 Å². The number of benzene rings is 2. The Bertz CT molecular complexity index is 975. The van der Waals surface area contributed by atoms with Gasteiger partial charge in [-0.25, -0.2) is 12.7 Å². The summed E-state index contributed by atoms with van der Waals surface area (Å²) in [4.78, 5) is 15.0. The van der Waals surface area contributed by atoms with Crippen LogP contribution in [-0.2, 0) is 16.6 Å². The Hall–Kier alpha value is -1.41. The van der Waals surface area contributed by atoms with Crippen molar-refractivity contribution in [2.45, 2.75) is 30.3 Å². The maximum absolute atomic E-state index is 13.2. The lowest BCUT2D eigenvalue weighted by molar-refractivity contribution is 0.0730. The molecular formula is C19H20BrClN2O3S. The van der Waals surface area contributed by atoms with Crippen LogP contribution in [0.1, 0.15) is 28.8 Å². The van der Waals surface area contributed by atoms with E-state index in [1.165, 1.54) is 32.3 Å². The van der Waals surface area contributed by atoms with E-state index in [0.29, 0.717) is 6.54 Å². The highest BCUT2D eigenvalue weighted by atomic mass is 79.9. The maximum Gasteiger partial charge on any atom is 0.255 e. The summed E-state index contributed by atoms with van der Waals surface area (Å²) in [6.07, 6.45) is 1.88. The van der Waals surface area contributed by atoms with Gasteiger partial charge in [-0.3, -0.25) is 4.79 Å². The maximum atomic E-state index is 13.2. The topological polar surface area (TPSA) is 57.7 Å². The van der Waals surface area contributed by atoms with Crippen molar-refractivity contribution in [2.24, 2.45) is 0 Å². The molecule has 1 aliphatic rings. The van der Waals surface area contributed by atoms with E-state index in [0.717, 1.165) is 27.2 Å². The number of rotatable bonds is 6. The van der Waals surface area contributed by atoms with Crippen molar-refractivity contribution in [2.75, 3.05) is 14.1 Å². The zero-order valence-corrected chi connectivity index (χ0v) is 18.2. The van der Waals surface area contributed by atoms with Crippen molar-refractivity contribution < 1.29 is 13.2 Å². The number of carbonyl (C=O) groups is 1. The fourth-order valence-electron chi connectivity index (χ4n) is 2.78. The molecule has 0 aromatic heterocycles. The van der Waals surface area contributed by atoms with Crippen LogP contribution in [0.5, 0.6) is 0 Å². The van der Waals surface area contributed by atoms with Gasteiger partial charge in [-0.05, 0) is 48.7 Å². The van der Waals surface area contributed by atoms with Gasteiger partial charge >= 0.3 is 0 Å². The van der Waals surface area contributed by atoms with E-state index < -0.39 is 10.0 Å². The smallest absolute Gasteiger partial charge is 0.255 e. The van der Waals surface area contributed by atoms with E-state index in [4.69, 9.17) is 11.6 Å². The van der Waals surface area contributed by atoms with Gasteiger partial charge < -0.3 is 4.90 Å². The van der Waals surface area contributed by atoms with Crippen LogP contribution in [0.4, 0.5) is 0 Å². The zero-order chi connectivity index (χ0) is 19.8. The Morgan fingerprint density at radius 3 is 2.48 bits per heavy atom. The van der Waals surface area contributed by atoms with Crippen LogP contribution < -0.4 is 0 Å². The first-order valence-electron chi connectivity index (χ1n) is 8.47. The lowest BCUT2D eigenvalue weighted by atomic mass is 10.1. The molecule has 1 saturated carbocycles. The number of hydrogen-bond acceptors (Lipinski definition) is 3. The Morgan fingerprint density at radius 1 is 1.19 bits per heavy atom. The molecule has 1 fully saturated rings. The van der Waals surface area contributed by atoms with E-state index in [-0.39, 0.29) is 27.4 Å². The average molecular weight is 472 g/mol. The summed E-state index contributed by atoms with van der Waals surface area (Å²) in [7, 11) is -0.740. The van der Waals surface area contributed by atoms with E-state index >= 15 is 0 Å². The molecule has 0 unspecified atom stereocenters. The molecule has 0 atom stereocenters. The molecule has 0 bridgehead atoms. The lowest BCUT2D eigenvalue weighted by Gasteiger charge is -2.24. The molecule has 0 N–H and O–H groups in total. The van der Waals surface area contributed by atoms with Crippen molar-refractivity contribution >= 4 is 43.5 Å². The van der Waals surface area contributed by atoms with E-state index in [1.807, 2.05) is 24.3 Å². The second kappa shape index (κ2) is 7.91. The Labute approximate surface area is 173 Å². The molecule has 0 saturated heterocycles. The fourth-order valence-corrected chi connectivity index (χ4v) is 4.35. The highest BCUT2D eigenvalue weighted by molar-refractivity contribution is 9.10. The summed E-state index contributed by atoms with van der Waals surface area (Å²) in [5, 5.41) is 0.248. The first kappa shape index (κ1) is 20.3. The van der Waals surface area contributed by atoms with Gasteiger partial charge in [0.1, 0.15) is 0 Å². The summed E-state index contributed by atoms with van der Waals surface area (Å²) in [6.45, 7) is 0.448. The van der Waals surface area contributed by atoms with Crippen LogP contribution in [0.25, 0.3) is 0 Å². The molecule has 5 nitrogen and oxygen atoms in total. The molecular weight excluding hydrogens is 452 g/mol. The van der Waals surface area contributed by atoms with Crippen molar-refractivity contribution in [1.29, 1.82) is 0 Å². The van der Waals surface area contributed by atoms with Crippen molar-refractivity contribution in [3.05, 3.63) is 63.1 Å². The highest BCUT2D eigenvalue weighted by Crippen LogP contribution is 2.32. The van der Waals surface area contributed by atoms with Gasteiger partial charge in [-0.2, -0.15) is 0 Å². The average Bonchev–Trinajstić information content (AvgIpc) is 3.44. The van der Waals surface area contributed by atoms with Crippen molar-refractivity contribution in [1.82, 2.24) is 9.21 Å². The summed E-state index contributed by atoms with van der Waals surface area (Å²) < 4.78 is 26.9. The van der Waals surface area contributed by atoms with Gasteiger partial charge in [0, 0.05) is 31.2 Å². The molecule has 144 valence electrons. The van der Waals surface area contributed by atoms with Gasteiger partial charge in [0.25, 0.3) is 5.91 Å². The lowest BCUT2D eigenvalue weighted by Crippen LogP contribution is -2.33. The predicted molar refractivity (Wildman–Crippen MR) is 109 cm³/mol. The van der Waals surface area contributed by atoms with Crippen LogP contribution in [0, 0.1) is 0 Å². The third-order valence-corrected chi connectivity index (χ3v) is 7.07. The SMILES string of the molecule is CN(C)S(=O)(=O)c1ccc(Cl)c(C(=O)N(Cc2cccc(Br)c2)C2CC2)c1. The Balaban J connectivity index is 1.95. The molecule has 0 heterocycles. The second-order valence-corrected chi connectivity index (χ2v) is 10.2. The highest BCUT2D eigenvalue weighted by Gasteiger charge is 2.34. The van der Waals surface area contributed by atoms with Gasteiger partial charge in [0.05, 0.1) is 15.5 Å². The number of nitrogens with zero attached hydrogens (tertiary/aromatic N) is 2. The number of amides is 1. The first-order valence-corrected chi connectivity index (χ1v) is 11.1.